The number of hydrogen-bond donors (Lipinski definition) is 1. The first-order valence-electron chi connectivity index (χ1n) is 3.54. The minimum atomic E-state index is 0.183. The van der Waals surface area contributed by atoms with Crippen molar-refractivity contribution in [1.29, 1.82) is 0 Å². The Hall–Kier alpha value is -1.67. The Kier molecular flexibility index (Phi) is 2.56. The predicted octanol–water partition coefficient (Wildman–Crippen LogP) is 2.51. The normalized spacial score (nSPS) is 9.08. The molecule has 12 heavy (non-hydrogen) atoms. The van der Waals surface area contributed by atoms with Gasteiger partial charge in [0.25, 0.3) is 0 Å². The summed E-state index contributed by atoms with van der Waals surface area (Å²) in [5, 5.41) is 12.7. The van der Waals surface area contributed by atoms with Gasteiger partial charge in [-0.3, -0.25) is 0 Å². The quantitative estimate of drug-likeness (QED) is 0.406. The summed E-state index contributed by atoms with van der Waals surface area (Å²) in [5.74, 6) is 0.183. The van der Waals surface area contributed by atoms with Crippen molar-refractivity contribution in [2.24, 2.45) is 5.11 Å². The van der Waals surface area contributed by atoms with Crippen LogP contribution in [0.15, 0.2) is 23.3 Å². The Morgan fingerprint density at radius 2 is 2.33 bits per heavy atom. The number of aryl methyl sites for hydroxylation is 1. The first-order chi connectivity index (χ1) is 5.75. The van der Waals surface area contributed by atoms with Crippen molar-refractivity contribution in [3.8, 4) is 5.75 Å². The maximum atomic E-state index is 9.33. The summed E-state index contributed by atoms with van der Waals surface area (Å²) in [4.78, 5) is 2.63. The van der Waals surface area contributed by atoms with E-state index in [-0.39, 0.29) is 12.3 Å². The van der Waals surface area contributed by atoms with Crippen LogP contribution in [0.25, 0.3) is 10.4 Å². The van der Waals surface area contributed by atoms with Gasteiger partial charge in [-0.2, -0.15) is 0 Å². The third-order valence-electron chi connectivity index (χ3n) is 1.68. The average molecular weight is 163 g/mol. The van der Waals surface area contributed by atoms with E-state index in [1.807, 2.05) is 13.0 Å². The number of benzene rings is 1. The number of hydrogen-bond acceptors (Lipinski definition) is 2. The topological polar surface area (TPSA) is 69.0 Å². The fourth-order valence-corrected chi connectivity index (χ4v) is 0.995. The summed E-state index contributed by atoms with van der Waals surface area (Å²) >= 11 is 0. The molecule has 1 rings (SSSR count). The summed E-state index contributed by atoms with van der Waals surface area (Å²) in [7, 11) is 0. The fraction of sp³-hybridized carbons (Fsp3) is 0.250. The smallest absolute Gasteiger partial charge is 0.119 e. The Morgan fingerprint density at radius 3 is 2.92 bits per heavy atom. The lowest BCUT2D eigenvalue weighted by Crippen LogP contribution is -1.86. The molecular formula is C8H9N3O. The number of nitrogens with zero attached hydrogens (tertiary/aromatic N) is 3. The third-order valence-corrected chi connectivity index (χ3v) is 1.68. The second-order valence-corrected chi connectivity index (χ2v) is 2.46. The van der Waals surface area contributed by atoms with Crippen molar-refractivity contribution >= 4 is 0 Å². The number of azide groups is 1. The van der Waals surface area contributed by atoms with Gasteiger partial charge in [0.2, 0.25) is 0 Å². The Balaban J connectivity index is 3.03. The molecule has 0 amide bonds. The molecule has 0 aliphatic carbocycles. The van der Waals surface area contributed by atoms with Gasteiger partial charge >= 0.3 is 0 Å². The van der Waals surface area contributed by atoms with E-state index >= 15 is 0 Å². The van der Waals surface area contributed by atoms with Crippen molar-refractivity contribution < 1.29 is 5.11 Å². The molecule has 0 spiro atoms. The van der Waals surface area contributed by atoms with Crippen LogP contribution in [-0.4, -0.2) is 5.11 Å². The number of phenols is 1. The molecule has 0 atom stereocenters. The highest BCUT2D eigenvalue weighted by atomic mass is 16.3. The van der Waals surface area contributed by atoms with E-state index in [9.17, 15) is 5.11 Å². The fourth-order valence-electron chi connectivity index (χ4n) is 0.995. The zero-order valence-electron chi connectivity index (χ0n) is 6.73. The van der Waals surface area contributed by atoms with Crippen LogP contribution in [0.5, 0.6) is 5.75 Å². The van der Waals surface area contributed by atoms with Crippen LogP contribution < -0.4 is 0 Å². The highest BCUT2D eigenvalue weighted by Crippen LogP contribution is 2.20. The molecular weight excluding hydrogens is 154 g/mol. The molecule has 4 nitrogen and oxygen atoms in total. The van der Waals surface area contributed by atoms with E-state index in [2.05, 4.69) is 10.0 Å². The predicted molar refractivity (Wildman–Crippen MR) is 45.7 cm³/mol. The van der Waals surface area contributed by atoms with Crippen LogP contribution in [0.2, 0.25) is 0 Å². The molecule has 1 aromatic carbocycles. The SMILES string of the molecule is Cc1cccc(O)c1CN=[N+]=[N-]. The standard InChI is InChI=1S/C8H9N3O/c1-6-3-2-4-8(12)7(6)5-10-11-9/h2-4,12H,5H2,1H3. The van der Waals surface area contributed by atoms with E-state index < -0.39 is 0 Å². The molecule has 62 valence electrons. The minimum absolute atomic E-state index is 0.183. The molecule has 0 aliphatic rings. The summed E-state index contributed by atoms with van der Waals surface area (Å²) in [5.41, 5.74) is 9.71. The highest BCUT2D eigenvalue weighted by Gasteiger charge is 2.01. The monoisotopic (exact) mass is 163 g/mol. The van der Waals surface area contributed by atoms with Crippen molar-refractivity contribution in [2.45, 2.75) is 13.5 Å². The first kappa shape index (κ1) is 8.43. The van der Waals surface area contributed by atoms with Crippen LogP contribution in [0.4, 0.5) is 0 Å². The van der Waals surface area contributed by atoms with E-state index in [0.29, 0.717) is 5.56 Å². The molecule has 0 heterocycles. The maximum absolute atomic E-state index is 9.33. The molecule has 0 saturated carbocycles. The summed E-state index contributed by atoms with van der Waals surface area (Å²) in [6.07, 6.45) is 0. The van der Waals surface area contributed by atoms with E-state index in [1.54, 1.807) is 12.1 Å². The van der Waals surface area contributed by atoms with Crippen LogP contribution in [0, 0.1) is 6.92 Å². The second kappa shape index (κ2) is 3.64. The van der Waals surface area contributed by atoms with Gasteiger partial charge < -0.3 is 5.11 Å². The van der Waals surface area contributed by atoms with Crippen molar-refractivity contribution in [1.82, 2.24) is 0 Å². The minimum Gasteiger partial charge on any atom is -0.508 e. The van der Waals surface area contributed by atoms with Crippen LogP contribution >= 0.6 is 0 Å². The number of aromatic hydroxyl groups is 1. The lowest BCUT2D eigenvalue weighted by atomic mass is 10.1. The average Bonchev–Trinajstić information content (AvgIpc) is 2.04. The number of rotatable bonds is 2. The molecule has 0 fully saturated rings. The second-order valence-electron chi connectivity index (χ2n) is 2.46. The van der Waals surface area contributed by atoms with Gasteiger partial charge in [-0.15, -0.1) is 0 Å². The Bertz CT molecular complexity index is 309. The number of phenolic OH excluding ortho intramolecular Hbond substituents is 1. The third kappa shape index (κ3) is 1.68. The van der Waals surface area contributed by atoms with Gasteiger partial charge in [-0.25, -0.2) is 0 Å². The summed E-state index contributed by atoms with van der Waals surface area (Å²) in [6.45, 7) is 2.07. The lowest BCUT2D eigenvalue weighted by molar-refractivity contribution is 0.467. The molecule has 0 aliphatic heterocycles. The first-order valence-corrected chi connectivity index (χ1v) is 3.54. The molecule has 1 aromatic rings. The van der Waals surface area contributed by atoms with Gasteiger partial charge in [-0.05, 0) is 24.1 Å². The van der Waals surface area contributed by atoms with E-state index in [1.165, 1.54) is 0 Å². The van der Waals surface area contributed by atoms with Crippen molar-refractivity contribution in [3.05, 3.63) is 39.8 Å². The van der Waals surface area contributed by atoms with Gasteiger partial charge in [0, 0.05) is 10.5 Å². The van der Waals surface area contributed by atoms with Crippen molar-refractivity contribution in [3.63, 3.8) is 0 Å². The summed E-state index contributed by atoms with van der Waals surface area (Å²) in [6, 6.07) is 5.20. The van der Waals surface area contributed by atoms with Gasteiger partial charge in [-0.1, -0.05) is 17.2 Å². The summed E-state index contributed by atoms with van der Waals surface area (Å²) < 4.78 is 0. The molecule has 4 heteroatoms. The molecule has 0 unspecified atom stereocenters. The largest absolute Gasteiger partial charge is 0.508 e. The van der Waals surface area contributed by atoms with Crippen LogP contribution in [-0.2, 0) is 6.54 Å². The van der Waals surface area contributed by atoms with Gasteiger partial charge in [0.1, 0.15) is 5.75 Å². The van der Waals surface area contributed by atoms with E-state index in [4.69, 9.17) is 5.53 Å². The zero-order valence-corrected chi connectivity index (χ0v) is 6.73. The molecule has 1 N–H and O–H groups in total. The Labute approximate surface area is 70.1 Å². The van der Waals surface area contributed by atoms with Crippen LogP contribution in [0.3, 0.4) is 0 Å². The van der Waals surface area contributed by atoms with Gasteiger partial charge in [0.05, 0.1) is 6.54 Å². The molecule has 0 saturated heterocycles. The maximum Gasteiger partial charge on any atom is 0.119 e. The van der Waals surface area contributed by atoms with Gasteiger partial charge in [0.15, 0.2) is 0 Å². The Morgan fingerprint density at radius 1 is 1.58 bits per heavy atom. The van der Waals surface area contributed by atoms with E-state index in [0.717, 1.165) is 5.56 Å². The molecule has 0 aromatic heterocycles. The van der Waals surface area contributed by atoms with Crippen molar-refractivity contribution in [2.75, 3.05) is 0 Å². The highest BCUT2D eigenvalue weighted by molar-refractivity contribution is 5.38. The zero-order chi connectivity index (χ0) is 8.97. The lowest BCUT2D eigenvalue weighted by Gasteiger charge is -2.03. The molecule has 0 bridgehead atoms. The van der Waals surface area contributed by atoms with Crippen LogP contribution in [0.1, 0.15) is 11.1 Å². The molecule has 0 radical (unpaired) electrons.